The third kappa shape index (κ3) is 3.22. The molecule has 3 heterocycles. The topological polar surface area (TPSA) is 93.5 Å². The van der Waals surface area contributed by atoms with Crippen molar-refractivity contribution in [3.63, 3.8) is 0 Å². The van der Waals surface area contributed by atoms with Gasteiger partial charge < -0.3 is 13.9 Å². The Morgan fingerprint density at radius 1 is 1.03 bits per heavy atom. The molecule has 0 radical (unpaired) electrons. The van der Waals surface area contributed by atoms with Crippen LogP contribution in [-0.4, -0.2) is 10.1 Å². The van der Waals surface area contributed by atoms with Crippen molar-refractivity contribution in [2.24, 2.45) is 0 Å². The molecule has 5 rings (SSSR count). The number of benzene rings is 2. The zero-order chi connectivity index (χ0) is 22.4. The SMILES string of the molecule is CCc1cc2c(=O)c(-c3nc(C)cs3)coc2c(Cc2coc3ccccc3c2=O)c1O. The van der Waals surface area contributed by atoms with Crippen LogP contribution in [0.25, 0.3) is 32.5 Å². The van der Waals surface area contributed by atoms with E-state index >= 15 is 0 Å². The summed E-state index contributed by atoms with van der Waals surface area (Å²) in [4.78, 5) is 30.7. The fourth-order valence-electron chi connectivity index (χ4n) is 3.88. The van der Waals surface area contributed by atoms with E-state index in [1.165, 1.54) is 23.9 Å². The van der Waals surface area contributed by atoms with E-state index in [2.05, 4.69) is 4.98 Å². The first kappa shape index (κ1) is 20.2. The highest BCUT2D eigenvalue weighted by Crippen LogP contribution is 2.34. The van der Waals surface area contributed by atoms with Gasteiger partial charge in [0.15, 0.2) is 5.43 Å². The molecule has 0 fully saturated rings. The van der Waals surface area contributed by atoms with Crippen LogP contribution < -0.4 is 10.9 Å². The minimum atomic E-state index is -0.220. The molecule has 3 aromatic heterocycles. The molecule has 1 N–H and O–H groups in total. The number of hydrogen-bond acceptors (Lipinski definition) is 7. The summed E-state index contributed by atoms with van der Waals surface area (Å²) in [5, 5.41) is 14.2. The van der Waals surface area contributed by atoms with Gasteiger partial charge in [-0.05, 0) is 37.1 Å². The van der Waals surface area contributed by atoms with Crippen molar-refractivity contribution in [1.29, 1.82) is 0 Å². The number of aryl methyl sites for hydroxylation is 2. The molecule has 5 aromatic rings. The molecule has 160 valence electrons. The van der Waals surface area contributed by atoms with Crippen LogP contribution >= 0.6 is 11.3 Å². The Balaban J connectivity index is 1.73. The molecule has 0 saturated heterocycles. The van der Waals surface area contributed by atoms with Crippen molar-refractivity contribution in [3.05, 3.63) is 91.1 Å². The van der Waals surface area contributed by atoms with Crippen molar-refractivity contribution in [2.45, 2.75) is 26.7 Å². The molecule has 2 aromatic carbocycles. The van der Waals surface area contributed by atoms with E-state index in [0.29, 0.717) is 50.0 Å². The molecule has 0 saturated carbocycles. The first-order valence-corrected chi connectivity index (χ1v) is 11.1. The Morgan fingerprint density at radius 3 is 2.59 bits per heavy atom. The Morgan fingerprint density at radius 2 is 1.84 bits per heavy atom. The van der Waals surface area contributed by atoms with Gasteiger partial charge in [-0.25, -0.2) is 4.98 Å². The summed E-state index contributed by atoms with van der Waals surface area (Å²) >= 11 is 1.37. The number of thiazole rings is 1. The highest BCUT2D eigenvalue weighted by molar-refractivity contribution is 7.13. The summed E-state index contributed by atoms with van der Waals surface area (Å²) in [7, 11) is 0. The Labute approximate surface area is 186 Å². The van der Waals surface area contributed by atoms with Crippen LogP contribution in [-0.2, 0) is 12.8 Å². The maximum atomic E-state index is 13.3. The van der Waals surface area contributed by atoms with Crippen molar-refractivity contribution >= 4 is 33.3 Å². The van der Waals surface area contributed by atoms with Gasteiger partial charge in [-0.2, -0.15) is 0 Å². The number of phenolic OH excluding ortho intramolecular Hbond substituents is 1. The van der Waals surface area contributed by atoms with Crippen LogP contribution in [0.5, 0.6) is 5.75 Å². The number of aromatic hydroxyl groups is 1. The van der Waals surface area contributed by atoms with Gasteiger partial charge in [0.05, 0.1) is 22.6 Å². The zero-order valence-corrected chi connectivity index (χ0v) is 18.3. The van der Waals surface area contributed by atoms with E-state index in [-0.39, 0.29) is 28.6 Å². The Kier molecular flexibility index (Phi) is 4.90. The maximum Gasteiger partial charge on any atom is 0.202 e. The van der Waals surface area contributed by atoms with Crippen LogP contribution in [0.15, 0.2) is 66.7 Å². The third-order valence-electron chi connectivity index (χ3n) is 5.56. The molecule has 0 aliphatic carbocycles. The highest BCUT2D eigenvalue weighted by Gasteiger charge is 2.21. The van der Waals surface area contributed by atoms with Crippen LogP contribution in [0, 0.1) is 6.92 Å². The van der Waals surface area contributed by atoms with E-state index in [0.717, 1.165) is 5.69 Å². The van der Waals surface area contributed by atoms with Crippen molar-refractivity contribution in [3.8, 4) is 16.3 Å². The standard InChI is InChI=1S/C25H19NO5S/c1-3-14-8-18-23(29)19(25-26-13(2)12-32-25)11-31-24(18)17(21(14)27)9-15-10-30-20-7-5-4-6-16(20)22(15)28/h4-8,10-12,27H,3,9H2,1-2H3. The van der Waals surface area contributed by atoms with Gasteiger partial charge in [-0.15, -0.1) is 11.3 Å². The molecule has 6 nitrogen and oxygen atoms in total. The molecule has 32 heavy (non-hydrogen) atoms. The second-order valence-corrected chi connectivity index (χ2v) is 8.49. The van der Waals surface area contributed by atoms with Crippen molar-refractivity contribution in [1.82, 2.24) is 4.98 Å². The normalized spacial score (nSPS) is 11.4. The molecular weight excluding hydrogens is 426 g/mol. The predicted molar refractivity (Wildman–Crippen MR) is 125 cm³/mol. The molecule has 0 atom stereocenters. The fourth-order valence-corrected chi connectivity index (χ4v) is 4.68. The van der Waals surface area contributed by atoms with Crippen LogP contribution in [0.1, 0.15) is 29.3 Å². The Bertz CT molecular complexity index is 1610. The first-order valence-electron chi connectivity index (χ1n) is 10.2. The molecular formula is C25H19NO5S. The van der Waals surface area contributed by atoms with E-state index in [1.807, 2.05) is 19.2 Å². The average Bonchev–Trinajstić information content (AvgIpc) is 3.23. The lowest BCUT2D eigenvalue weighted by Crippen LogP contribution is -2.11. The van der Waals surface area contributed by atoms with Crippen LogP contribution in [0.2, 0.25) is 0 Å². The number of hydrogen-bond donors (Lipinski definition) is 1. The van der Waals surface area contributed by atoms with Gasteiger partial charge in [0, 0.05) is 28.6 Å². The third-order valence-corrected chi connectivity index (χ3v) is 6.55. The van der Waals surface area contributed by atoms with E-state index in [4.69, 9.17) is 8.83 Å². The van der Waals surface area contributed by atoms with Gasteiger partial charge in [0.1, 0.15) is 28.2 Å². The smallest absolute Gasteiger partial charge is 0.202 e. The molecule has 7 heteroatoms. The van der Waals surface area contributed by atoms with E-state index in [1.54, 1.807) is 30.3 Å². The van der Waals surface area contributed by atoms with Gasteiger partial charge >= 0.3 is 0 Å². The van der Waals surface area contributed by atoms with Gasteiger partial charge in [-0.1, -0.05) is 19.1 Å². The van der Waals surface area contributed by atoms with E-state index in [9.17, 15) is 14.7 Å². The first-order chi connectivity index (χ1) is 15.5. The second kappa shape index (κ2) is 7.76. The minimum Gasteiger partial charge on any atom is -0.507 e. The van der Waals surface area contributed by atoms with Crippen LogP contribution in [0.4, 0.5) is 0 Å². The number of fused-ring (bicyclic) bond motifs is 2. The number of rotatable bonds is 4. The van der Waals surface area contributed by atoms with Gasteiger partial charge in [0.2, 0.25) is 5.43 Å². The molecule has 0 spiro atoms. The predicted octanol–water partition coefficient (Wildman–Crippen LogP) is 5.19. The zero-order valence-electron chi connectivity index (χ0n) is 17.5. The molecule has 0 unspecified atom stereocenters. The highest BCUT2D eigenvalue weighted by atomic mass is 32.1. The average molecular weight is 445 g/mol. The minimum absolute atomic E-state index is 0.0218. The van der Waals surface area contributed by atoms with Crippen LogP contribution in [0.3, 0.4) is 0 Å². The maximum absolute atomic E-state index is 13.3. The number of nitrogens with zero attached hydrogens (tertiary/aromatic N) is 1. The Hall–Kier alpha value is -3.71. The lowest BCUT2D eigenvalue weighted by molar-refractivity contribution is 0.461. The molecule has 0 amide bonds. The van der Waals surface area contributed by atoms with Gasteiger partial charge in [0.25, 0.3) is 0 Å². The number of aromatic nitrogens is 1. The quantitative estimate of drug-likeness (QED) is 0.409. The lowest BCUT2D eigenvalue weighted by atomic mass is 9.96. The molecule has 0 aliphatic rings. The number of phenols is 1. The van der Waals surface area contributed by atoms with Crippen molar-refractivity contribution < 1.29 is 13.9 Å². The fraction of sp³-hybridized carbons (Fsp3) is 0.160. The summed E-state index contributed by atoms with van der Waals surface area (Å²) in [5.74, 6) is 0.0218. The summed E-state index contributed by atoms with van der Waals surface area (Å²) in [6.45, 7) is 3.76. The lowest BCUT2D eigenvalue weighted by Gasteiger charge is -2.12. The number of para-hydroxylation sites is 1. The summed E-state index contributed by atoms with van der Waals surface area (Å²) in [6, 6.07) is 8.66. The summed E-state index contributed by atoms with van der Waals surface area (Å²) < 4.78 is 11.5. The monoisotopic (exact) mass is 445 g/mol. The second-order valence-electron chi connectivity index (χ2n) is 7.63. The van der Waals surface area contributed by atoms with Crippen molar-refractivity contribution in [2.75, 3.05) is 0 Å². The van der Waals surface area contributed by atoms with E-state index < -0.39 is 0 Å². The molecule has 0 aliphatic heterocycles. The summed E-state index contributed by atoms with van der Waals surface area (Å²) in [6.07, 6.45) is 3.36. The van der Waals surface area contributed by atoms with Gasteiger partial charge in [-0.3, -0.25) is 9.59 Å². The largest absolute Gasteiger partial charge is 0.507 e. The molecule has 0 bridgehead atoms. The summed E-state index contributed by atoms with van der Waals surface area (Å²) in [5.41, 5.74) is 2.92.